The first-order valence-corrected chi connectivity index (χ1v) is 11.3. The second-order valence-electron chi connectivity index (χ2n) is 6.01. The third-order valence-corrected chi connectivity index (χ3v) is 6.52. The standard InChI is InChI=1S/C20H17I2NO3S/c1-3-23-19(24)17(27-20(23)25)10-14-8-15(21)18(16(22)9-14)26-11-13-6-4-12(2)5-7-13/h4-10H,3,11H2,1-2H3/b17-10+. The summed E-state index contributed by atoms with van der Waals surface area (Å²) in [6, 6.07) is 12.2. The summed E-state index contributed by atoms with van der Waals surface area (Å²) in [6.45, 7) is 4.75. The predicted octanol–water partition coefficient (Wildman–Crippen LogP) is 5.84. The second kappa shape index (κ2) is 8.95. The number of benzene rings is 2. The Labute approximate surface area is 190 Å². The van der Waals surface area contributed by atoms with Crippen molar-refractivity contribution in [3.8, 4) is 5.75 Å². The SMILES string of the molecule is CCN1C(=O)S/C(=C/c2cc(I)c(OCc3ccc(C)cc3)c(I)c2)C1=O. The molecule has 140 valence electrons. The quantitative estimate of drug-likeness (QED) is 0.318. The number of nitrogens with zero attached hydrogens (tertiary/aromatic N) is 1. The molecule has 1 aliphatic rings. The summed E-state index contributed by atoms with van der Waals surface area (Å²) in [5.41, 5.74) is 3.22. The molecule has 27 heavy (non-hydrogen) atoms. The van der Waals surface area contributed by atoms with Crippen LogP contribution in [-0.4, -0.2) is 22.6 Å². The Balaban J connectivity index is 1.79. The molecule has 2 amide bonds. The average molecular weight is 605 g/mol. The zero-order valence-electron chi connectivity index (χ0n) is 14.8. The molecule has 4 nitrogen and oxygen atoms in total. The van der Waals surface area contributed by atoms with Crippen molar-refractivity contribution in [2.75, 3.05) is 6.54 Å². The predicted molar refractivity (Wildman–Crippen MR) is 126 cm³/mol. The van der Waals surface area contributed by atoms with Crippen LogP contribution < -0.4 is 4.74 Å². The monoisotopic (exact) mass is 605 g/mol. The zero-order valence-corrected chi connectivity index (χ0v) is 19.9. The van der Waals surface area contributed by atoms with Gasteiger partial charge in [0.1, 0.15) is 12.4 Å². The summed E-state index contributed by atoms with van der Waals surface area (Å²) in [4.78, 5) is 25.8. The number of ether oxygens (including phenoxy) is 1. The highest BCUT2D eigenvalue weighted by atomic mass is 127. The van der Waals surface area contributed by atoms with E-state index < -0.39 is 0 Å². The van der Waals surface area contributed by atoms with E-state index in [0.717, 1.165) is 35.8 Å². The Morgan fingerprint density at radius 1 is 1.11 bits per heavy atom. The van der Waals surface area contributed by atoms with Gasteiger partial charge >= 0.3 is 0 Å². The number of imide groups is 1. The molecule has 7 heteroatoms. The lowest BCUT2D eigenvalue weighted by molar-refractivity contribution is -0.122. The molecule has 2 aromatic carbocycles. The lowest BCUT2D eigenvalue weighted by Crippen LogP contribution is -2.27. The Morgan fingerprint density at radius 2 is 1.74 bits per heavy atom. The highest BCUT2D eigenvalue weighted by Crippen LogP contribution is 2.34. The number of carbonyl (C=O) groups is 2. The van der Waals surface area contributed by atoms with E-state index in [1.165, 1.54) is 10.5 Å². The van der Waals surface area contributed by atoms with Crippen LogP contribution in [0.4, 0.5) is 4.79 Å². The van der Waals surface area contributed by atoms with Crippen LogP contribution in [0.2, 0.25) is 0 Å². The van der Waals surface area contributed by atoms with Crippen LogP contribution in [0.15, 0.2) is 41.3 Å². The Hall–Kier alpha value is -1.07. The van der Waals surface area contributed by atoms with Crippen molar-refractivity contribution in [1.29, 1.82) is 0 Å². The molecule has 0 bridgehead atoms. The van der Waals surface area contributed by atoms with Crippen LogP contribution in [0.25, 0.3) is 6.08 Å². The first kappa shape index (κ1) is 20.7. The van der Waals surface area contributed by atoms with Gasteiger partial charge in [-0.3, -0.25) is 14.5 Å². The number of hydrogen-bond acceptors (Lipinski definition) is 4. The fraction of sp³-hybridized carbons (Fsp3) is 0.200. The maximum atomic E-state index is 12.3. The van der Waals surface area contributed by atoms with E-state index in [1.807, 2.05) is 12.1 Å². The molecule has 0 radical (unpaired) electrons. The van der Waals surface area contributed by atoms with Gasteiger partial charge in [-0.05, 0) is 100 Å². The second-order valence-corrected chi connectivity index (χ2v) is 9.33. The number of thioether (sulfide) groups is 1. The van der Waals surface area contributed by atoms with Gasteiger partial charge < -0.3 is 4.74 Å². The number of hydrogen-bond donors (Lipinski definition) is 0. The summed E-state index contributed by atoms with van der Waals surface area (Å²) in [7, 11) is 0. The van der Waals surface area contributed by atoms with E-state index in [2.05, 4.69) is 76.4 Å². The maximum Gasteiger partial charge on any atom is 0.293 e. The number of aryl methyl sites for hydroxylation is 1. The minimum absolute atomic E-state index is 0.212. The van der Waals surface area contributed by atoms with Gasteiger partial charge in [0.25, 0.3) is 11.1 Å². The molecule has 0 unspecified atom stereocenters. The van der Waals surface area contributed by atoms with E-state index in [0.29, 0.717) is 18.1 Å². The molecule has 0 aliphatic carbocycles. The zero-order chi connectivity index (χ0) is 19.6. The van der Waals surface area contributed by atoms with Gasteiger partial charge in [0, 0.05) is 6.54 Å². The van der Waals surface area contributed by atoms with E-state index >= 15 is 0 Å². The van der Waals surface area contributed by atoms with Gasteiger partial charge in [0.05, 0.1) is 12.0 Å². The summed E-state index contributed by atoms with van der Waals surface area (Å²) >= 11 is 5.47. The molecule has 0 aromatic heterocycles. The van der Waals surface area contributed by atoms with Gasteiger partial charge in [-0.15, -0.1) is 0 Å². The van der Waals surface area contributed by atoms with Gasteiger partial charge in [-0.25, -0.2) is 0 Å². The fourth-order valence-electron chi connectivity index (χ4n) is 2.56. The molecule has 0 atom stereocenters. The van der Waals surface area contributed by atoms with Crippen LogP contribution in [0, 0.1) is 14.1 Å². The molecule has 1 heterocycles. The highest BCUT2D eigenvalue weighted by Gasteiger charge is 2.33. The third kappa shape index (κ3) is 4.86. The Kier molecular flexibility index (Phi) is 6.85. The maximum absolute atomic E-state index is 12.3. The van der Waals surface area contributed by atoms with Crippen molar-refractivity contribution in [2.24, 2.45) is 0 Å². The van der Waals surface area contributed by atoms with Crippen LogP contribution in [0.1, 0.15) is 23.6 Å². The number of likely N-dealkylation sites (N-methyl/N-ethyl adjacent to an activating group) is 1. The number of carbonyl (C=O) groups excluding carboxylic acids is 2. The number of amides is 2. The number of rotatable bonds is 5. The van der Waals surface area contributed by atoms with E-state index in [-0.39, 0.29) is 11.1 Å². The summed E-state index contributed by atoms with van der Waals surface area (Å²) in [5, 5.41) is -0.212. The van der Waals surface area contributed by atoms with Gasteiger partial charge in [-0.1, -0.05) is 29.8 Å². The van der Waals surface area contributed by atoms with E-state index in [4.69, 9.17) is 4.74 Å². The van der Waals surface area contributed by atoms with Gasteiger partial charge in [0.15, 0.2) is 0 Å². The molecular formula is C20H17I2NO3S. The first-order valence-electron chi connectivity index (χ1n) is 8.31. The topological polar surface area (TPSA) is 46.6 Å². The number of halogens is 2. The van der Waals surface area contributed by atoms with Crippen molar-refractivity contribution in [3.63, 3.8) is 0 Å². The lowest BCUT2D eigenvalue weighted by Gasteiger charge is -2.12. The van der Waals surface area contributed by atoms with E-state index in [1.54, 1.807) is 13.0 Å². The van der Waals surface area contributed by atoms with Crippen molar-refractivity contribution < 1.29 is 14.3 Å². The van der Waals surface area contributed by atoms with Crippen LogP contribution in [0.3, 0.4) is 0 Å². The fourth-order valence-corrected chi connectivity index (χ4v) is 5.60. The summed E-state index contributed by atoms with van der Waals surface area (Å²) in [6.07, 6.45) is 1.77. The van der Waals surface area contributed by atoms with E-state index in [9.17, 15) is 9.59 Å². The van der Waals surface area contributed by atoms with Crippen LogP contribution >= 0.6 is 56.9 Å². The lowest BCUT2D eigenvalue weighted by atomic mass is 10.1. The van der Waals surface area contributed by atoms with Crippen molar-refractivity contribution in [1.82, 2.24) is 4.90 Å². The molecule has 1 saturated heterocycles. The summed E-state index contributed by atoms with van der Waals surface area (Å²) < 4.78 is 7.95. The Morgan fingerprint density at radius 3 is 2.30 bits per heavy atom. The molecule has 0 spiro atoms. The summed E-state index contributed by atoms with van der Waals surface area (Å²) in [5.74, 6) is 0.604. The van der Waals surface area contributed by atoms with Crippen LogP contribution in [0.5, 0.6) is 5.75 Å². The molecule has 0 saturated carbocycles. The van der Waals surface area contributed by atoms with Crippen molar-refractivity contribution in [3.05, 3.63) is 65.1 Å². The van der Waals surface area contributed by atoms with Crippen LogP contribution in [-0.2, 0) is 11.4 Å². The minimum atomic E-state index is -0.225. The smallest absolute Gasteiger partial charge is 0.293 e. The molecule has 3 rings (SSSR count). The molecular weight excluding hydrogens is 588 g/mol. The third-order valence-electron chi connectivity index (χ3n) is 4.01. The normalized spacial score (nSPS) is 15.7. The van der Waals surface area contributed by atoms with Gasteiger partial charge in [-0.2, -0.15) is 0 Å². The molecule has 1 fully saturated rings. The molecule has 1 aliphatic heterocycles. The van der Waals surface area contributed by atoms with Gasteiger partial charge in [0.2, 0.25) is 0 Å². The largest absolute Gasteiger partial charge is 0.487 e. The highest BCUT2D eigenvalue weighted by molar-refractivity contribution is 14.1. The van der Waals surface area contributed by atoms with Crippen molar-refractivity contribution in [2.45, 2.75) is 20.5 Å². The Bertz CT molecular complexity index is 902. The first-order chi connectivity index (χ1) is 12.9. The average Bonchev–Trinajstić information content (AvgIpc) is 2.88. The minimum Gasteiger partial charge on any atom is -0.487 e. The molecule has 2 aromatic rings. The van der Waals surface area contributed by atoms with Crippen molar-refractivity contribution >= 4 is 74.2 Å². The molecule has 0 N–H and O–H groups in total.